The molecule has 2 aromatic heterocycles. The Morgan fingerprint density at radius 2 is 1.77 bits per heavy atom. The van der Waals surface area contributed by atoms with Crippen molar-refractivity contribution in [1.82, 2.24) is 15.2 Å². The van der Waals surface area contributed by atoms with Crippen molar-refractivity contribution in [2.45, 2.75) is 25.6 Å². The highest BCUT2D eigenvalue weighted by Gasteiger charge is 2.36. The Morgan fingerprint density at radius 3 is 2.45 bits per heavy atom. The van der Waals surface area contributed by atoms with Crippen LogP contribution in [0.5, 0.6) is 0 Å². The summed E-state index contributed by atoms with van der Waals surface area (Å²) in [6, 6.07) is 22.6. The maximum absolute atomic E-state index is 14.3. The van der Waals surface area contributed by atoms with Gasteiger partial charge in [-0.3, -0.25) is 9.59 Å². The molecule has 2 amide bonds. The lowest BCUT2D eigenvalue weighted by molar-refractivity contribution is -0.116. The van der Waals surface area contributed by atoms with Gasteiger partial charge < -0.3 is 20.4 Å². The third kappa shape index (κ3) is 6.36. The number of alkyl halides is 1. The number of nitrogens with zero attached hydrogens (tertiary/aromatic N) is 2. The number of fused-ring (bicyclic) bond motifs is 1. The first-order chi connectivity index (χ1) is 21.1. The average Bonchev–Trinajstić information content (AvgIpc) is 3.61. The Balaban J connectivity index is 1.26. The maximum Gasteiger partial charge on any atom is 0.253 e. The predicted octanol–water partition coefficient (Wildman–Crippen LogP) is 6.79. The molecule has 7 nitrogen and oxygen atoms in total. The molecule has 3 N–H and O–H groups in total. The largest absolute Gasteiger partial charge is 0.459 e. The van der Waals surface area contributed by atoms with Gasteiger partial charge in [-0.2, -0.15) is 0 Å². The fourth-order valence-electron chi connectivity index (χ4n) is 5.31. The van der Waals surface area contributed by atoms with E-state index in [0.717, 1.165) is 33.2 Å². The SMILES string of the molecule is C[C@@]1(F)CCN(C(=O)c2ccc(-c3cc(-c4ccc(F)cc4)c4oc(CNC(=O)/C=C/c5ccc(N)nc5)cc4c3)cc2)C1. The molecule has 3 heterocycles. The van der Waals surface area contributed by atoms with Crippen LogP contribution in [0.2, 0.25) is 0 Å². The lowest BCUT2D eigenvalue weighted by atomic mass is 9.96. The van der Waals surface area contributed by atoms with E-state index in [1.165, 1.54) is 25.1 Å². The zero-order chi connectivity index (χ0) is 30.8. The van der Waals surface area contributed by atoms with E-state index in [-0.39, 0.29) is 30.7 Å². The van der Waals surface area contributed by atoms with Crippen molar-refractivity contribution in [2.24, 2.45) is 0 Å². The van der Waals surface area contributed by atoms with Gasteiger partial charge >= 0.3 is 0 Å². The van der Waals surface area contributed by atoms with Gasteiger partial charge in [0.15, 0.2) is 0 Å². The Labute approximate surface area is 253 Å². The minimum Gasteiger partial charge on any atom is -0.459 e. The molecule has 3 aromatic carbocycles. The zero-order valence-corrected chi connectivity index (χ0v) is 24.0. The van der Waals surface area contributed by atoms with Crippen LogP contribution in [-0.2, 0) is 11.3 Å². The van der Waals surface area contributed by atoms with Crippen LogP contribution in [0.4, 0.5) is 14.6 Å². The standard InChI is InChI=1S/C35H30F2N4O3/c1-35(37)14-15-41(21-35)34(43)25-6-4-23(5-7-25)26-16-27-17-29(20-40-32(42)13-3-22-2-12-31(38)39-19-22)44-33(27)30(18-26)24-8-10-28(36)11-9-24/h2-13,16-19H,14-15,20-21H2,1H3,(H2,38,39)(H,40,42)/b13-3+/t35-/m1/s1. The van der Waals surface area contributed by atoms with Gasteiger partial charge in [-0.1, -0.05) is 24.3 Å². The number of pyridine rings is 1. The molecule has 9 heteroatoms. The minimum atomic E-state index is -1.36. The Kier molecular flexibility index (Phi) is 7.69. The van der Waals surface area contributed by atoms with Gasteiger partial charge in [-0.05, 0) is 89.9 Å². The highest BCUT2D eigenvalue weighted by molar-refractivity contribution is 5.98. The molecule has 1 aliphatic rings. The van der Waals surface area contributed by atoms with Gasteiger partial charge in [0.2, 0.25) is 5.91 Å². The summed E-state index contributed by atoms with van der Waals surface area (Å²) < 4.78 is 34.2. The Morgan fingerprint density at radius 1 is 1.02 bits per heavy atom. The molecule has 0 bridgehead atoms. The number of rotatable bonds is 7. The number of hydrogen-bond acceptors (Lipinski definition) is 5. The van der Waals surface area contributed by atoms with Gasteiger partial charge in [0.25, 0.3) is 5.91 Å². The molecule has 0 radical (unpaired) electrons. The van der Waals surface area contributed by atoms with Crippen molar-refractivity contribution in [3.63, 3.8) is 0 Å². The van der Waals surface area contributed by atoms with Crippen LogP contribution < -0.4 is 11.1 Å². The van der Waals surface area contributed by atoms with Crippen molar-refractivity contribution in [2.75, 3.05) is 18.8 Å². The smallest absolute Gasteiger partial charge is 0.253 e. The monoisotopic (exact) mass is 592 g/mol. The number of nitrogens with one attached hydrogen (secondary N) is 1. The number of hydrogen-bond donors (Lipinski definition) is 2. The number of furan rings is 1. The molecule has 44 heavy (non-hydrogen) atoms. The molecule has 1 atom stereocenters. The van der Waals surface area contributed by atoms with Crippen LogP contribution in [0.25, 0.3) is 39.3 Å². The van der Waals surface area contributed by atoms with E-state index in [0.29, 0.717) is 35.7 Å². The molecule has 0 saturated carbocycles. The quantitative estimate of drug-likeness (QED) is 0.203. The number of anilines is 1. The number of amides is 2. The summed E-state index contributed by atoms with van der Waals surface area (Å²) in [6.45, 7) is 2.16. The van der Waals surface area contributed by atoms with Gasteiger partial charge in [-0.25, -0.2) is 13.8 Å². The first kappa shape index (κ1) is 28.8. The van der Waals surface area contributed by atoms with E-state index in [9.17, 15) is 18.4 Å². The van der Waals surface area contributed by atoms with E-state index < -0.39 is 5.67 Å². The molecule has 0 aliphatic carbocycles. The molecule has 1 saturated heterocycles. The highest BCUT2D eigenvalue weighted by atomic mass is 19.1. The third-order valence-corrected chi connectivity index (χ3v) is 7.67. The van der Waals surface area contributed by atoms with Crippen LogP contribution in [-0.4, -0.2) is 40.5 Å². The second-order valence-corrected chi connectivity index (χ2v) is 11.2. The Bertz CT molecular complexity index is 1860. The first-order valence-electron chi connectivity index (χ1n) is 14.2. The second kappa shape index (κ2) is 11.8. The molecule has 6 rings (SSSR count). The number of halogens is 2. The number of nitrogens with two attached hydrogens (primary N) is 1. The first-order valence-corrected chi connectivity index (χ1v) is 14.2. The van der Waals surface area contributed by atoms with E-state index in [1.807, 2.05) is 30.3 Å². The summed E-state index contributed by atoms with van der Waals surface area (Å²) in [4.78, 5) is 30.9. The van der Waals surface area contributed by atoms with Crippen LogP contribution in [0, 0.1) is 5.82 Å². The van der Waals surface area contributed by atoms with Crippen molar-refractivity contribution in [3.05, 3.63) is 114 Å². The van der Waals surface area contributed by atoms with E-state index in [2.05, 4.69) is 10.3 Å². The summed E-state index contributed by atoms with van der Waals surface area (Å²) in [5.41, 5.74) is 9.32. The summed E-state index contributed by atoms with van der Waals surface area (Å²) in [6.07, 6.45) is 4.96. The second-order valence-electron chi connectivity index (χ2n) is 11.2. The van der Waals surface area contributed by atoms with Crippen molar-refractivity contribution in [1.29, 1.82) is 0 Å². The molecule has 222 valence electrons. The van der Waals surface area contributed by atoms with Crippen LogP contribution in [0.1, 0.15) is 35.0 Å². The molecule has 5 aromatic rings. The van der Waals surface area contributed by atoms with Crippen molar-refractivity contribution in [3.8, 4) is 22.3 Å². The van der Waals surface area contributed by atoms with Gasteiger partial charge in [0, 0.05) is 41.8 Å². The van der Waals surface area contributed by atoms with Crippen molar-refractivity contribution < 1.29 is 22.8 Å². The molecule has 0 spiro atoms. The van der Waals surface area contributed by atoms with Crippen LogP contribution in [0.15, 0.2) is 95.6 Å². The van der Waals surface area contributed by atoms with Gasteiger partial charge in [0.05, 0.1) is 13.1 Å². The zero-order valence-electron chi connectivity index (χ0n) is 24.0. The fourth-order valence-corrected chi connectivity index (χ4v) is 5.31. The normalized spacial score (nSPS) is 16.6. The lowest BCUT2D eigenvalue weighted by Crippen LogP contribution is -2.31. The molecule has 1 fully saturated rings. The number of benzene rings is 3. The summed E-state index contributed by atoms with van der Waals surface area (Å²) >= 11 is 0. The van der Waals surface area contributed by atoms with Gasteiger partial charge in [0.1, 0.15) is 28.6 Å². The molecule has 1 aliphatic heterocycles. The topological polar surface area (TPSA) is 101 Å². The van der Waals surface area contributed by atoms with Crippen LogP contribution in [0.3, 0.4) is 0 Å². The average molecular weight is 593 g/mol. The molecular weight excluding hydrogens is 562 g/mol. The maximum atomic E-state index is 14.3. The highest BCUT2D eigenvalue weighted by Crippen LogP contribution is 2.36. The van der Waals surface area contributed by atoms with Crippen molar-refractivity contribution >= 4 is 34.7 Å². The number of carbonyl (C=O) groups is 2. The van der Waals surface area contributed by atoms with E-state index >= 15 is 0 Å². The molecule has 0 unspecified atom stereocenters. The third-order valence-electron chi connectivity index (χ3n) is 7.67. The number of carbonyl (C=O) groups excluding carboxylic acids is 2. The molecular formula is C35H30F2N4O3. The van der Waals surface area contributed by atoms with Crippen LogP contribution >= 0.6 is 0 Å². The summed E-state index contributed by atoms with van der Waals surface area (Å²) in [5, 5.41) is 3.63. The number of likely N-dealkylation sites (tertiary alicyclic amines) is 1. The summed E-state index contributed by atoms with van der Waals surface area (Å²) in [5.74, 6) is 0.0977. The Hall–Kier alpha value is -5.31. The number of aromatic nitrogens is 1. The van der Waals surface area contributed by atoms with E-state index in [1.54, 1.807) is 53.6 Å². The lowest BCUT2D eigenvalue weighted by Gasteiger charge is -2.17. The number of nitrogen functional groups attached to an aromatic ring is 1. The van der Waals surface area contributed by atoms with Gasteiger partial charge in [-0.15, -0.1) is 0 Å². The summed E-state index contributed by atoms with van der Waals surface area (Å²) in [7, 11) is 0. The fraction of sp³-hybridized carbons (Fsp3) is 0.171. The van der Waals surface area contributed by atoms with E-state index in [4.69, 9.17) is 10.2 Å². The minimum absolute atomic E-state index is 0.0882. The predicted molar refractivity (Wildman–Crippen MR) is 167 cm³/mol.